The number of hydrogen-bond acceptors (Lipinski definition) is 3. The van der Waals surface area contributed by atoms with Crippen molar-refractivity contribution in [2.24, 2.45) is 11.7 Å². The van der Waals surface area contributed by atoms with Crippen molar-refractivity contribution in [1.29, 1.82) is 0 Å². The van der Waals surface area contributed by atoms with E-state index in [1.54, 1.807) is 0 Å². The molecule has 0 aromatic heterocycles. The standard InChI is InChI=1S/C12H24N2O2/c1-4-14(9-10(2)3)11(15)12(13)5-7-16-8-6-12/h10H,4-9,13H2,1-3H3. The second-order valence-corrected chi connectivity index (χ2v) is 5.01. The molecule has 0 aromatic carbocycles. The lowest BCUT2D eigenvalue weighted by Crippen LogP contribution is -2.58. The Morgan fingerprint density at radius 2 is 2.00 bits per heavy atom. The molecule has 16 heavy (non-hydrogen) atoms. The van der Waals surface area contributed by atoms with Gasteiger partial charge in [-0.2, -0.15) is 0 Å². The molecule has 0 radical (unpaired) electrons. The summed E-state index contributed by atoms with van der Waals surface area (Å²) in [6.45, 7) is 8.95. The van der Waals surface area contributed by atoms with Gasteiger partial charge in [-0.25, -0.2) is 0 Å². The third kappa shape index (κ3) is 3.19. The molecule has 0 bridgehead atoms. The van der Waals surface area contributed by atoms with Crippen molar-refractivity contribution >= 4 is 5.91 Å². The summed E-state index contributed by atoms with van der Waals surface area (Å²) in [4.78, 5) is 14.2. The monoisotopic (exact) mass is 228 g/mol. The molecule has 1 rings (SSSR count). The molecule has 1 heterocycles. The molecule has 1 fully saturated rings. The van der Waals surface area contributed by atoms with E-state index in [2.05, 4.69) is 13.8 Å². The summed E-state index contributed by atoms with van der Waals surface area (Å²) >= 11 is 0. The van der Waals surface area contributed by atoms with Gasteiger partial charge in [-0.3, -0.25) is 4.79 Å². The van der Waals surface area contributed by atoms with Gasteiger partial charge in [0.05, 0.1) is 5.54 Å². The van der Waals surface area contributed by atoms with Crippen LogP contribution in [-0.4, -0.2) is 42.6 Å². The average Bonchev–Trinajstić information content (AvgIpc) is 2.25. The smallest absolute Gasteiger partial charge is 0.242 e. The second kappa shape index (κ2) is 5.64. The lowest BCUT2D eigenvalue weighted by molar-refractivity contribution is -0.140. The molecule has 0 aromatic rings. The molecule has 1 amide bonds. The number of nitrogens with zero attached hydrogens (tertiary/aromatic N) is 1. The van der Waals surface area contributed by atoms with Crippen LogP contribution in [0.3, 0.4) is 0 Å². The Morgan fingerprint density at radius 3 is 2.44 bits per heavy atom. The summed E-state index contributed by atoms with van der Waals surface area (Å²) in [7, 11) is 0. The molecular weight excluding hydrogens is 204 g/mol. The fourth-order valence-corrected chi connectivity index (χ4v) is 2.06. The first-order valence-corrected chi connectivity index (χ1v) is 6.15. The van der Waals surface area contributed by atoms with Crippen LogP contribution >= 0.6 is 0 Å². The first kappa shape index (κ1) is 13.5. The van der Waals surface area contributed by atoms with Crippen LogP contribution in [0.25, 0.3) is 0 Å². The van der Waals surface area contributed by atoms with E-state index in [-0.39, 0.29) is 5.91 Å². The Hall–Kier alpha value is -0.610. The Balaban J connectivity index is 2.65. The van der Waals surface area contributed by atoms with Crippen LogP contribution in [0, 0.1) is 5.92 Å². The van der Waals surface area contributed by atoms with Crippen LogP contribution in [-0.2, 0) is 9.53 Å². The average molecular weight is 228 g/mol. The predicted molar refractivity (Wildman–Crippen MR) is 64.1 cm³/mol. The van der Waals surface area contributed by atoms with Gasteiger partial charge in [0.2, 0.25) is 5.91 Å². The quantitative estimate of drug-likeness (QED) is 0.781. The molecule has 0 saturated carbocycles. The third-order valence-electron chi connectivity index (χ3n) is 3.07. The van der Waals surface area contributed by atoms with Gasteiger partial charge in [0.25, 0.3) is 0 Å². The molecule has 1 aliphatic heterocycles. The number of ether oxygens (including phenoxy) is 1. The van der Waals surface area contributed by atoms with Gasteiger partial charge in [0, 0.05) is 26.3 Å². The molecule has 1 saturated heterocycles. The maximum Gasteiger partial charge on any atom is 0.242 e. The van der Waals surface area contributed by atoms with Crippen LogP contribution in [0.4, 0.5) is 0 Å². The SMILES string of the molecule is CCN(CC(C)C)C(=O)C1(N)CCOCC1. The maximum atomic E-state index is 12.3. The van der Waals surface area contributed by atoms with Crippen LogP contribution in [0.1, 0.15) is 33.6 Å². The molecule has 0 unspecified atom stereocenters. The van der Waals surface area contributed by atoms with Crippen molar-refractivity contribution in [1.82, 2.24) is 4.90 Å². The number of hydrogen-bond donors (Lipinski definition) is 1. The van der Waals surface area contributed by atoms with Gasteiger partial charge >= 0.3 is 0 Å². The summed E-state index contributed by atoms with van der Waals surface area (Å²) in [5.41, 5.74) is 5.49. The van der Waals surface area contributed by atoms with E-state index >= 15 is 0 Å². The lowest BCUT2D eigenvalue weighted by atomic mass is 9.89. The van der Waals surface area contributed by atoms with Gasteiger partial charge in [-0.05, 0) is 25.7 Å². The topological polar surface area (TPSA) is 55.6 Å². The Kier molecular flexibility index (Phi) is 4.74. The van der Waals surface area contributed by atoms with E-state index < -0.39 is 5.54 Å². The third-order valence-corrected chi connectivity index (χ3v) is 3.07. The minimum absolute atomic E-state index is 0.0898. The van der Waals surface area contributed by atoms with Crippen molar-refractivity contribution < 1.29 is 9.53 Å². The fourth-order valence-electron chi connectivity index (χ4n) is 2.06. The van der Waals surface area contributed by atoms with Gasteiger partial charge in [0.1, 0.15) is 0 Å². The van der Waals surface area contributed by atoms with E-state index in [0.717, 1.165) is 13.1 Å². The molecule has 1 aliphatic rings. The summed E-state index contributed by atoms with van der Waals surface area (Å²) in [5, 5.41) is 0. The number of likely N-dealkylation sites (N-methyl/N-ethyl adjacent to an activating group) is 1. The molecule has 4 nitrogen and oxygen atoms in total. The molecule has 2 N–H and O–H groups in total. The molecule has 0 atom stereocenters. The molecule has 0 spiro atoms. The van der Waals surface area contributed by atoms with Crippen LogP contribution in [0.5, 0.6) is 0 Å². The number of rotatable bonds is 4. The highest BCUT2D eigenvalue weighted by molar-refractivity contribution is 5.86. The number of carbonyl (C=O) groups is 1. The largest absolute Gasteiger partial charge is 0.381 e. The first-order valence-electron chi connectivity index (χ1n) is 6.15. The summed E-state index contributed by atoms with van der Waals surface area (Å²) < 4.78 is 5.26. The predicted octanol–water partition coefficient (Wildman–Crippen LogP) is 0.999. The fraction of sp³-hybridized carbons (Fsp3) is 0.917. The van der Waals surface area contributed by atoms with E-state index in [0.29, 0.717) is 32.0 Å². The summed E-state index contributed by atoms with van der Waals surface area (Å²) in [6.07, 6.45) is 1.28. The minimum Gasteiger partial charge on any atom is -0.381 e. The molecule has 4 heteroatoms. The number of nitrogens with two attached hydrogens (primary N) is 1. The molecule has 94 valence electrons. The zero-order valence-electron chi connectivity index (χ0n) is 10.7. The second-order valence-electron chi connectivity index (χ2n) is 5.01. The summed E-state index contributed by atoms with van der Waals surface area (Å²) in [5.74, 6) is 0.569. The maximum absolute atomic E-state index is 12.3. The number of amides is 1. The van der Waals surface area contributed by atoms with Crippen molar-refractivity contribution in [3.63, 3.8) is 0 Å². The van der Waals surface area contributed by atoms with Gasteiger partial charge in [-0.1, -0.05) is 13.8 Å². The van der Waals surface area contributed by atoms with Crippen LogP contribution in [0.15, 0.2) is 0 Å². The van der Waals surface area contributed by atoms with E-state index in [9.17, 15) is 4.79 Å². The number of carbonyl (C=O) groups excluding carboxylic acids is 1. The van der Waals surface area contributed by atoms with Crippen molar-refractivity contribution in [2.75, 3.05) is 26.3 Å². The Bertz CT molecular complexity index is 235. The van der Waals surface area contributed by atoms with Crippen molar-refractivity contribution in [3.05, 3.63) is 0 Å². The van der Waals surface area contributed by atoms with Gasteiger partial charge < -0.3 is 15.4 Å². The van der Waals surface area contributed by atoms with Gasteiger partial charge in [0.15, 0.2) is 0 Å². The van der Waals surface area contributed by atoms with E-state index in [1.807, 2.05) is 11.8 Å². The summed E-state index contributed by atoms with van der Waals surface area (Å²) in [6, 6.07) is 0. The van der Waals surface area contributed by atoms with Crippen molar-refractivity contribution in [2.45, 2.75) is 39.2 Å². The Labute approximate surface area is 98.1 Å². The minimum atomic E-state index is -0.691. The molecule has 0 aliphatic carbocycles. The van der Waals surface area contributed by atoms with Crippen LogP contribution < -0.4 is 5.73 Å². The van der Waals surface area contributed by atoms with Crippen molar-refractivity contribution in [3.8, 4) is 0 Å². The molecular formula is C12H24N2O2. The zero-order valence-corrected chi connectivity index (χ0v) is 10.7. The zero-order chi connectivity index (χ0) is 12.2. The first-order chi connectivity index (χ1) is 7.49. The van der Waals surface area contributed by atoms with E-state index in [4.69, 9.17) is 10.5 Å². The van der Waals surface area contributed by atoms with E-state index in [1.165, 1.54) is 0 Å². The highest BCUT2D eigenvalue weighted by Gasteiger charge is 2.38. The van der Waals surface area contributed by atoms with Crippen LogP contribution in [0.2, 0.25) is 0 Å². The highest BCUT2D eigenvalue weighted by Crippen LogP contribution is 2.21. The van der Waals surface area contributed by atoms with Gasteiger partial charge in [-0.15, -0.1) is 0 Å². The Morgan fingerprint density at radius 1 is 1.44 bits per heavy atom. The lowest BCUT2D eigenvalue weighted by Gasteiger charge is -2.37. The normalized spacial score (nSPS) is 19.8. The highest BCUT2D eigenvalue weighted by atomic mass is 16.5.